The molecule has 2 aromatic carbocycles. The molecular formula is C24H25F7O4. The molecule has 1 fully saturated rings. The summed E-state index contributed by atoms with van der Waals surface area (Å²) in [5, 5.41) is 0. The van der Waals surface area contributed by atoms with Crippen molar-refractivity contribution in [2.45, 2.75) is 45.0 Å². The molecule has 1 aliphatic heterocycles. The summed E-state index contributed by atoms with van der Waals surface area (Å²) in [6.45, 7) is 1.48. The highest BCUT2D eigenvalue weighted by atomic mass is 19.3. The molecule has 0 aliphatic carbocycles. The lowest BCUT2D eigenvalue weighted by molar-refractivity contribution is -0.206. The van der Waals surface area contributed by atoms with Crippen LogP contribution in [0.15, 0.2) is 24.3 Å². The van der Waals surface area contributed by atoms with Crippen LogP contribution in [0.1, 0.15) is 50.0 Å². The maximum atomic E-state index is 14.6. The van der Waals surface area contributed by atoms with Crippen molar-refractivity contribution < 1.29 is 49.7 Å². The van der Waals surface area contributed by atoms with Crippen LogP contribution < -0.4 is 9.47 Å². The van der Waals surface area contributed by atoms with Crippen LogP contribution in [0.3, 0.4) is 0 Å². The monoisotopic (exact) mass is 510 g/mol. The predicted octanol–water partition coefficient (Wildman–Crippen LogP) is 6.96. The van der Waals surface area contributed by atoms with Gasteiger partial charge >= 0.3 is 6.11 Å². The minimum absolute atomic E-state index is 0.124. The number of ether oxygens (including phenoxy) is 4. The minimum Gasteiger partial charge on any atom is -0.488 e. The zero-order valence-corrected chi connectivity index (χ0v) is 18.9. The number of halogens is 7. The molecule has 0 saturated carbocycles. The number of hydrogen-bond acceptors (Lipinski definition) is 4. The van der Waals surface area contributed by atoms with E-state index >= 15 is 0 Å². The van der Waals surface area contributed by atoms with Crippen LogP contribution in [0, 0.1) is 29.2 Å². The zero-order valence-electron chi connectivity index (χ0n) is 18.9. The van der Waals surface area contributed by atoms with E-state index < -0.39 is 59.4 Å². The summed E-state index contributed by atoms with van der Waals surface area (Å²) in [4.78, 5) is 0. The van der Waals surface area contributed by atoms with Crippen LogP contribution in [-0.4, -0.2) is 26.5 Å². The number of rotatable bonds is 11. The average molecular weight is 510 g/mol. The molecule has 0 amide bonds. The number of benzene rings is 2. The molecule has 0 radical (unpaired) electrons. The van der Waals surface area contributed by atoms with E-state index in [1.807, 2.05) is 6.92 Å². The molecule has 0 N–H and O–H groups in total. The standard InChI is InChI=1S/C24H25F7O4/c1-2-3-5-14-12-33-23(34-13-14)15-8-17(26)21(18(27)9-15)24(30,31)35-16-10-19(28)22(20(29)11-16)32-7-4-6-25/h8-11,14,23H,2-7,12-13H2,1H3. The minimum atomic E-state index is -4.62. The van der Waals surface area contributed by atoms with E-state index in [-0.39, 0.29) is 24.5 Å². The van der Waals surface area contributed by atoms with Gasteiger partial charge in [0.2, 0.25) is 0 Å². The summed E-state index contributed by atoms with van der Waals surface area (Å²) in [5.41, 5.74) is -1.89. The van der Waals surface area contributed by atoms with Crippen molar-refractivity contribution in [2.75, 3.05) is 26.5 Å². The van der Waals surface area contributed by atoms with E-state index in [0.29, 0.717) is 37.5 Å². The van der Waals surface area contributed by atoms with Crippen molar-refractivity contribution in [3.8, 4) is 11.5 Å². The molecule has 0 atom stereocenters. The van der Waals surface area contributed by atoms with Gasteiger partial charge in [0.05, 0.1) is 26.5 Å². The van der Waals surface area contributed by atoms with Crippen LogP contribution in [0.5, 0.6) is 11.5 Å². The van der Waals surface area contributed by atoms with E-state index in [0.717, 1.165) is 19.3 Å². The van der Waals surface area contributed by atoms with Gasteiger partial charge in [-0.3, -0.25) is 4.39 Å². The number of alkyl halides is 3. The molecule has 1 aliphatic rings. The second-order valence-corrected chi connectivity index (χ2v) is 8.09. The molecule has 0 bridgehead atoms. The van der Waals surface area contributed by atoms with Gasteiger partial charge in [-0.15, -0.1) is 0 Å². The van der Waals surface area contributed by atoms with Gasteiger partial charge in [-0.2, -0.15) is 8.78 Å². The van der Waals surface area contributed by atoms with Gasteiger partial charge in [0.25, 0.3) is 0 Å². The normalized spacial score (nSPS) is 18.5. The lowest BCUT2D eigenvalue weighted by Crippen LogP contribution is -2.28. The summed E-state index contributed by atoms with van der Waals surface area (Å²) in [6, 6.07) is 2.00. The highest BCUT2D eigenvalue weighted by Crippen LogP contribution is 2.39. The first-order valence-electron chi connectivity index (χ1n) is 11.1. The van der Waals surface area contributed by atoms with Crippen molar-refractivity contribution in [2.24, 2.45) is 5.92 Å². The Labute approximate surface area is 197 Å². The van der Waals surface area contributed by atoms with Gasteiger partial charge in [-0.25, -0.2) is 17.6 Å². The summed E-state index contributed by atoms with van der Waals surface area (Å²) in [6.07, 6.45) is -3.07. The van der Waals surface area contributed by atoms with E-state index in [2.05, 4.69) is 4.74 Å². The van der Waals surface area contributed by atoms with Gasteiger partial charge in [0, 0.05) is 30.0 Å². The first-order chi connectivity index (χ1) is 16.7. The van der Waals surface area contributed by atoms with E-state index in [1.54, 1.807) is 0 Å². The largest absolute Gasteiger partial charge is 0.488 e. The molecule has 0 aromatic heterocycles. The fraction of sp³-hybridized carbons (Fsp3) is 0.500. The Hall–Kier alpha value is -2.53. The highest BCUT2D eigenvalue weighted by Gasteiger charge is 2.42. The number of unbranched alkanes of at least 4 members (excludes halogenated alkanes) is 1. The van der Waals surface area contributed by atoms with E-state index in [4.69, 9.17) is 14.2 Å². The van der Waals surface area contributed by atoms with Crippen molar-refractivity contribution in [3.05, 3.63) is 58.7 Å². The molecule has 0 unspecified atom stereocenters. The molecule has 1 heterocycles. The highest BCUT2D eigenvalue weighted by molar-refractivity contribution is 5.36. The van der Waals surface area contributed by atoms with Crippen molar-refractivity contribution in [1.29, 1.82) is 0 Å². The van der Waals surface area contributed by atoms with Gasteiger partial charge in [-0.05, 0) is 18.6 Å². The fourth-order valence-electron chi connectivity index (χ4n) is 3.56. The molecule has 2 aromatic rings. The second kappa shape index (κ2) is 11.9. The Kier molecular flexibility index (Phi) is 9.23. The SMILES string of the molecule is CCCCC1COC(c2cc(F)c(C(F)(F)Oc3cc(F)c(OCCCF)c(F)c3)c(F)c2)OC1. The lowest BCUT2D eigenvalue weighted by Gasteiger charge is -2.30. The smallest absolute Gasteiger partial charge is 0.432 e. The van der Waals surface area contributed by atoms with Crippen LogP contribution in [0.2, 0.25) is 0 Å². The molecule has 11 heteroatoms. The average Bonchev–Trinajstić information content (AvgIpc) is 2.79. The van der Waals surface area contributed by atoms with Crippen LogP contribution in [-0.2, 0) is 15.6 Å². The van der Waals surface area contributed by atoms with Gasteiger partial charge in [-0.1, -0.05) is 19.8 Å². The topological polar surface area (TPSA) is 36.9 Å². The Morgan fingerprint density at radius 2 is 1.51 bits per heavy atom. The molecule has 3 rings (SSSR count). The molecule has 4 nitrogen and oxygen atoms in total. The summed E-state index contributed by atoms with van der Waals surface area (Å²) in [7, 11) is 0. The number of hydrogen-bond donors (Lipinski definition) is 0. The van der Waals surface area contributed by atoms with E-state index in [9.17, 15) is 30.7 Å². The Bertz CT molecular complexity index is 948. The first-order valence-corrected chi connectivity index (χ1v) is 11.1. The molecular weight excluding hydrogens is 485 g/mol. The summed E-state index contributed by atoms with van der Waals surface area (Å²) < 4.78 is 119. The Morgan fingerprint density at radius 3 is 2.06 bits per heavy atom. The zero-order chi connectivity index (χ0) is 25.6. The quantitative estimate of drug-likeness (QED) is 0.242. The second-order valence-electron chi connectivity index (χ2n) is 8.09. The van der Waals surface area contributed by atoms with Crippen molar-refractivity contribution >= 4 is 0 Å². The third-order valence-electron chi connectivity index (χ3n) is 5.30. The van der Waals surface area contributed by atoms with Gasteiger partial charge in [0.15, 0.2) is 23.7 Å². The Morgan fingerprint density at radius 1 is 0.914 bits per heavy atom. The maximum Gasteiger partial charge on any atom is 0.432 e. The summed E-state index contributed by atoms with van der Waals surface area (Å²) >= 11 is 0. The third kappa shape index (κ3) is 6.78. The van der Waals surface area contributed by atoms with Crippen LogP contribution >= 0.6 is 0 Å². The predicted molar refractivity (Wildman–Crippen MR) is 111 cm³/mol. The first kappa shape index (κ1) is 27.1. The van der Waals surface area contributed by atoms with Crippen LogP contribution in [0.25, 0.3) is 0 Å². The van der Waals surface area contributed by atoms with E-state index in [1.165, 1.54) is 0 Å². The maximum absolute atomic E-state index is 14.6. The molecule has 35 heavy (non-hydrogen) atoms. The van der Waals surface area contributed by atoms with Crippen molar-refractivity contribution in [3.63, 3.8) is 0 Å². The summed E-state index contributed by atoms with van der Waals surface area (Å²) in [5.74, 6) is -7.96. The van der Waals surface area contributed by atoms with Gasteiger partial charge in [0.1, 0.15) is 22.9 Å². The Balaban J connectivity index is 1.74. The van der Waals surface area contributed by atoms with Gasteiger partial charge < -0.3 is 18.9 Å². The van der Waals surface area contributed by atoms with Crippen molar-refractivity contribution in [1.82, 2.24) is 0 Å². The lowest BCUT2D eigenvalue weighted by atomic mass is 10.0. The third-order valence-corrected chi connectivity index (χ3v) is 5.30. The molecule has 194 valence electrons. The molecule has 1 saturated heterocycles. The van der Waals surface area contributed by atoms with Crippen LogP contribution in [0.4, 0.5) is 30.7 Å². The molecule has 0 spiro atoms. The fourth-order valence-corrected chi connectivity index (χ4v) is 3.56.